The topological polar surface area (TPSA) is 29.1 Å². The quantitative estimate of drug-likeness (QED) is 0.823. The van der Waals surface area contributed by atoms with E-state index in [0.29, 0.717) is 18.2 Å². The average Bonchev–Trinajstić information content (AvgIpc) is 2.54. The lowest BCUT2D eigenvalue weighted by molar-refractivity contribution is -0.118. The summed E-state index contributed by atoms with van der Waals surface area (Å²) in [6.07, 6.45) is 0. The number of carbonyl (C=O) groups is 1. The molecule has 0 aliphatic rings. The number of thioether (sulfide) groups is 1. The lowest BCUT2D eigenvalue weighted by Crippen LogP contribution is -2.24. The number of hydrogen-bond acceptors (Lipinski definition) is 2. The van der Waals surface area contributed by atoms with E-state index >= 15 is 0 Å². The van der Waals surface area contributed by atoms with Gasteiger partial charge in [0.1, 0.15) is 0 Å². The van der Waals surface area contributed by atoms with Crippen molar-refractivity contribution >= 4 is 17.7 Å². The van der Waals surface area contributed by atoms with Crippen LogP contribution in [0.3, 0.4) is 0 Å². The molecule has 22 heavy (non-hydrogen) atoms. The molecule has 0 aromatic heterocycles. The molecule has 116 valence electrons. The zero-order valence-electron chi connectivity index (χ0n) is 13.2. The second-order valence-corrected chi connectivity index (χ2v) is 6.64. The third kappa shape index (κ3) is 5.57. The fourth-order valence-electron chi connectivity index (χ4n) is 2.11. The maximum absolute atomic E-state index is 11.8. The summed E-state index contributed by atoms with van der Waals surface area (Å²) in [5.74, 6) is 2.00. The Kier molecular flexibility index (Phi) is 6.53. The van der Waals surface area contributed by atoms with Crippen LogP contribution in [0.5, 0.6) is 0 Å². The lowest BCUT2D eigenvalue weighted by atomic mass is 10.0. The molecule has 0 radical (unpaired) electrons. The Morgan fingerprint density at radius 2 is 1.68 bits per heavy atom. The first kappa shape index (κ1) is 16.6. The highest BCUT2D eigenvalue weighted by Crippen LogP contribution is 2.15. The molecule has 0 spiro atoms. The molecule has 2 aromatic rings. The summed E-state index contributed by atoms with van der Waals surface area (Å²) in [5, 5.41) is 2.97. The Bertz CT molecular complexity index is 578. The Morgan fingerprint density at radius 3 is 2.32 bits per heavy atom. The summed E-state index contributed by atoms with van der Waals surface area (Å²) >= 11 is 1.64. The van der Waals surface area contributed by atoms with Gasteiger partial charge in [-0.3, -0.25) is 4.79 Å². The summed E-state index contributed by atoms with van der Waals surface area (Å²) in [7, 11) is 0. The van der Waals surface area contributed by atoms with Crippen molar-refractivity contribution in [2.45, 2.75) is 32.1 Å². The van der Waals surface area contributed by atoms with Crippen LogP contribution in [-0.2, 0) is 17.1 Å². The molecule has 0 unspecified atom stereocenters. The first-order valence-corrected chi connectivity index (χ1v) is 8.78. The van der Waals surface area contributed by atoms with E-state index in [1.165, 1.54) is 11.1 Å². The van der Waals surface area contributed by atoms with Gasteiger partial charge in [-0.25, -0.2) is 0 Å². The predicted octanol–water partition coefficient (Wildman–Crippen LogP) is 4.36. The Labute approximate surface area is 137 Å². The molecule has 0 fully saturated rings. The van der Waals surface area contributed by atoms with Gasteiger partial charge in [-0.1, -0.05) is 68.4 Å². The molecular formula is C19H23NOS. The van der Waals surface area contributed by atoms with Crippen LogP contribution in [0.15, 0.2) is 54.6 Å². The predicted molar refractivity (Wildman–Crippen MR) is 95.0 cm³/mol. The van der Waals surface area contributed by atoms with Gasteiger partial charge < -0.3 is 5.32 Å². The zero-order chi connectivity index (χ0) is 15.8. The lowest BCUT2D eigenvalue weighted by Gasteiger charge is -2.08. The molecule has 0 bridgehead atoms. The third-order valence-corrected chi connectivity index (χ3v) is 4.48. The molecule has 0 heterocycles. The molecule has 0 aliphatic heterocycles. The van der Waals surface area contributed by atoms with E-state index in [9.17, 15) is 4.79 Å². The van der Waals surface area contributed by atoms with Gasteiger partial charge in [-0.05, 0) is 22.6 Å². The maximum Gasteiger partial charge on any atom is 0.230 e. The minimum Gasteiger partial charge on any atom is -0.351 e. The van der Waals surface area contributed by atoms with Gasteiger partial charge >= 0.3 is 0 Å². The van der Waals surface area contributed by atoms with Gasteiger partial charge in [0.15, 0.2) is 0 Å². The van der Waals surface area contributed by atoms with Crippen molar-refractivity contribution < 1.29 is 4.79 Å². The van der Waals surface area contributed by atoms with Crippen molar-refractivity contribution in [3.8, 4) is 0 Å². The van der Waals surface area contributed by atoms with Gasteiger partial charge in [-0.2, -0.15) is 0 Å². The maximum atomic E-state index is 11.8. The highest BCUT2D eigenvalue weighted by molar-refractivity contribution is 7.99. The minimum absolute atomic E-state index is 0.0915. The van der Waals surface area contributed by atoms with Gasteiger partial charge in [0.05, 0.1) is 5.75 Å². The standard InChI is InChI=1S/C19H23NOS/c1-15(2)18-10-8-16(9-11-18)12-20-19(21)14-22-13-17-6-4-3-5-7-17/h3-11,15H,12-14H2,1-2H3,(H,20,21). The van der Waals surface area contributed by atoms with Gasteiger partial charge in [-0.15, -0.1) is 11.8 Å². The largest absolute Gasteiger partial charge is 0.351 e. The molecule has 2 aromatic carbocycles. The van der Waals surface area contributed by atoms with Crippen molar-refractivity contribution in [3.05, 3.63) is 71.3 Å². The second-order valence-electron chi connectivity index (χ2n) is 5.65. The van der Waals surface area contributed by atoms with Crippen molar-refractivity contribution in [1.82, 2.24) is 5.32 Å². The molecule has 0 saturated heterocycles. The highest BCUT2D eigenvalue weighted by Gasteiger charge is 2.03. The molecule has 1 amide bonds. The van der Waals surface area contributed by atoms with Crippen molar-refractivity contribution in [2.75, 3.05) is 5.75 Å². The smallest absolute Gasteiger partial charge is 0.230 e. The van der Waals surface area contributed by atoms with E-state index in [0.717, 1.165) is 11.3 Å². The second kappa shape index (κ2) is 8.64. The van der Waals surface area contributed by atoms with Crippen LogP contribution < -0.4 is 5.32 Å². The van der Waals surface area contributed by atoms with Crippen LogP contribution in [0.25, 0.3) is 0 Å². The Balaban J connectivity index is 1.69. The molecule has 0 saturated carbocycles. The normalized spacial score (nSPS) is 10.7. The van der Waals surface area contributed by atoms with Crippen LogP contribution >= 0.6 is 11.8 Å². The van der Waals surface area contributed by atoms with Crippen LogP contribution in [0.2, 0.25) is 0 Å². The highest BCUT2D eigenvalue weighted by atomic mass is 32.2. The van der Waals surface area contributed by atoms with Crippen LogP contribution in [-0.4, -0.2) is 11.7 Å². The molecule has 1 N–H and O–H groups in total. The fourth-order valence-corrected chi connectivity index (χ4v) is 2.93. The summed E-state index contributed by atoms with van der Waals surface area (Å²) in [6.45, 7) is 4.96. The van der Waals surface area contributed by atoms with E-state index in [1.54, 1.807) is 11.8 Å². The molecule has 2 rings (SSSR count). The number of nitrogens with one attached hydrogen (secondary N) is 1. The number of amides is 1. The molecule has 3 heteroatoms. The zero-order valence-corrected chi connectivity index (χ0v) is 14.0. The summed E-state index contributed by atoms with van der Waals surface area (Å²) in [4.78, 5) is 11.8. The summed E-state index contributed by atoms with van der Waals surface area (Å²) in [6, 6.07) is 18.7. The molecule has 0 aliphatic carbocycles. The SMILES string of the molecule is CC(C)c1ccc(CNC(=O)CSCc2ccccc2)cc1. The van der Waals surface area contributed by atoms with Gasteiger partial charge in [0.25, 0.3) is 0 Å². The molecular weight excluding hydrogens is 290 g/mol. The van der Waals surface area contributed by atoms with Crippen molar-refractivity contribution in [2.24, 2.45) is 0 Å². The molecule has 2 nitrogen and oxygen atoms in total. The van der Waals surface area contributed by atoms with Gasteiger partial charge in [0.2, 0.25) is 5.91 Å². The monoisotopic (exact) mass is 313 g/mol. The fraction of sp³-hybridized carbons (Fsp3) is 0.316. The Hall–Kier alpha value is -1.74. The minimum atomic E-state index is 0.0915. The number of hydrogen-bond donors (Lipinski definition) is 1. The first-order chi connectivity index (χ1) is 10.6. The van der Waals surface area contributed by atoms with Crippen LogP contribution in [0.4, 0.5) is 0 Å². The number of benzene rings is 2. The average molecular weight is 313 g/mol. The van der Waals surface area contributed by atoms with E-state index in [1.807, 2.05) is 18.2 Å². The van der Waals surface area contributed by atoms with Crippen LogP contribution in [0.1, 0.15) is 36.5 Å². The van der Waals surface area contributed by atoms with Crippen LogP contribution in [0, 0.1) is 0 Å². The Morgan fingerprint density at radius 1 is 1.00 bits per heavy atom. The van der Waals surface area contributed by atoms with Crippen molar-refractivity contribution in [1.29, 1.82) is 0 Å². The number of rotatable bonds is 7. The van der Waals surface area contributed by atoms with E-state index in [-0.39, 0.29) is 5.91 Å². The molecule has 0 atom stereocenters. The third-order valence-electron chi connectivity index (χ3n) is 3.48. The van der Waals surface area contributed by atoms with Gasteiger partial charge in [0, 0.05) is 12.3 Å². The number of carbonyl (C=O) groups excluding carboxylic acids is 1. The summed E-state index contributed by atoms with van der Waals surface area (Å²) < 4.78 is 0. The van der Waals surface area contributed by atoms with E-state index < -0.39 is 0 Å². The van der Waals surface area contributed by atoms with E-state index in [4.69, 9.17) is 0 Å². The van der Waals surface area contributed by atoms with E-state index in [2.05, 4.69) is 55.6 Å². The summed E-state index contributed by atoms with van der Waals surface area (Å²) in [5.41, 5.74) is 3.73. The first-order valence-electron chi connectivity index (χ1n) is 7.62. The van der Waals surface area contributed by atoms with Crippen molar-refractivity contribution in [3.63, 3.8) is 0 Å².